The van der Waals surface area contributed by atoms with Crippen molar-refractivity contribution in [2.75, 3.05) is 55.3 Å². The Balaban J connectivity index is 0.000000181. The quantitative estimate of drug-likeness (QED) is 0.0216. The van der Waals surface area contributed by atoms with E-state index >= 15 is 0 Å². The van der Waals surface area contributed by atoms with Gasteiger partial charge in [0, 0.05) is 29.0 Å². The van der Waals surface area contributed by atoms with Crippen molar-refractivity contribution in [3.8, 4) is 52.1 Å². The molecule has 0 bridgehead atoms. The maximum atomic E-state index is 13.6. The van der Waals surface area contributed by atoms with Crippen LogP contribution in [-0.4, -0.2) is 228 Å². The van der Waals surface area contributed by atoms with Gasteiger partial charge in [0.05, 0.1) is 92.1 Å². The summed E-state index contributed by atoms with van der Waals surface area (Å²) in [5.41, 5.74) is 0.342. The molecule has 4 saturated heterocycles. The van der Waals surface area contributed by atoms with Gasteiger partial charge in [-0.25, -0.2) is 23.8 Å². The number of hydrogen-bond donors (Lipinski definition) is 13. The maximum absolute atomic E-state index is 13.6. The SMILES string of the molecule is C.CC(C)N(C(C)C)P(OCCC#N)O[C@@H]1C(O[Si](C)(C)C(C)(C)C)[C@H](n2cc3c(nc2=O)Nc2ccccc2O3)O[C@@H]1CO.O=c1nc2c(cn1[C@@H]1O[C@H](CO)[C@H](O)C1O)Oc1ccccc1N2.[2H]C[C@H]1O[C@@H](n2cc3c(nc2=O)Nc2ccccc2O3)C(O)[C@H]1O.[2H]C[C@H]1O[C@@H](n2cc3c(nc2=O)Nc2ccccc2O3)C(O[Si](C)(C)C(C)(C)C)[C@H]1O.[3H]OC.[3H]OC. The highest BCUT2D eigenvalue weighted by Gasteiger charge is 2.55. The van der Waals surface area contributed by atoms with Crippen LogP contribution in [0.15, 0.2) is 141 Å². The molecule has 42 heteroatoms. The van der Waals surface area contributed by atoms with E-state index in [1.54, 1.807) is 36.5 Å². The number of hydrogen-bond acceptors (Lipinski definition) is 35. The summed E-state index contributed by atoms with van der Waals surface area (Å²) < 4.78 is 106. The molecule has 0 saturated carbocycles. The molecule has 17 atom stereocenters. The zero-order valence-electron chi connectivity index (χ0n) is 76.1. The van der Waals surface area contributed by atoms with Gasteiger partial charge in [-0.05, 0) is 126 Å². The van der Waals surface area contributed by atoms with Gasteiger partial charge in [0.25, 0.3) is 8.53 Å². The summed E-state index contributed by atoms with van der Waals surface area (Å²) in [6.45, 7) is 28.2. The number of aromatic nitrogens is 8. The topological polar surface area (TPSA) is 508 Å². The Bertz CT molecular complexity index is 5320. The van der Waals surface area contributed by atoms with Gasteiger partial charge in [-0.2, -0.15) is 25.2 Å². The van der Waals surface area contributed by atoms with Crippen LogP contribution >= 0.6 is 8.53 Å². The van der Waals surface area contributed by atoms with Crippen LogP contribution in [0.5, 0.6) is 46.0 Å². The number of anilines is 8. The largest absolute Gasteiger partial charge is 0.450 e. The molecule has 12 heterocycles. The molecule has 5 unspecified atom stereocenters. The summed E-state index contributed by atoms with van der Waals surface area (Å²) in [5, 5.41) is 98.6. The number of fused-ring (bicyclic) bond motifs is 8. The highest BCUT2D eigenvalue weighted by molar-refractivity contribution is 7.44. The lowest BCUT2D eigenvalue weighted by molar-refractivity contribution is -0.0551. The monoisotopic (exact) mass is 1810 g/mol. The lowest BCUT2D eigenvalue weighted by Crippen LogP contribution is -2.50. The molecular weight excluding hydrogens is 1690 g/mol. The molecule has 686 valence electrons. The highest BCUT2D eigenvalue weighted by atomic mass is 31.2. The first-order valence-corrected chi connectivity index (χ1v) is 47.2. The average Bonchev–Trinajstić information content (AvgIpc) is 1.59. The van der Waals surface area contributed by atoms with Gasteiger partial charge in [-0.3, -0.25) is 18.3 Å². The van der Waals surface area contributed by atoms with E-state index in [-0.39, 0.29) is 80.4 Å². The molecule has 0 amide bonds. The molecule has 4 fully saturated rings. The first-order chi connectivity index (χ1) is 61.2. The summed E-state index contributed by atoms with van der Waals surface area (Å²) in [6.07, 6.45) is -10.2. The minimum atomic E-state index is -2.49. The molecule has 126 heavy (non-hydrogen) atoms. The molecule has 4 aromatic carbocycles. The Morgan fingerprint density at radius 1 is 0.500 bits per heavy atom. The highest BCUT2D eigenvalue weighted by Crippen LogP contribution is 2.54. The van der Waals surface area contributed by atoms with E-state index < -0.39 is 153 Å². The fraction of sp³-hybridized carbons (Fsp3) is 0.512. The fourth-order valence-electron chi connectivity index (χ4n) is 13.7. The second kappa shape index (κ2) is 41.2. The minimum absolute atomic E-state index is 0. The third-order valence-electron chi connectivity index (χ3n) is 22.2. The van der Waals surface area contributed by atoms with Crippen LogP contribution < -0.4 is 63.0 Å². The van der Waals surface area contributed by atoms with Gasteiger partial charge in [-0.1, -0.05) is 97.5 Å². The summed E-state index contributed by atoms with van der Waals surface area (Å²) in [5.74, 6) is 4.81. The number of aliphatic hydroxyl groups is 9. The standard InChI is InChI=1S/C30H46N5O7PSi.C21H29N3O5Si.C15H15N3O6.C15H15N3O5.2CH4O.CH4/c1-19(2)35(20(3)4)43(38-16-12-15-31)41-25-24(18-36)40-28(26(25)42-44(8,9)30(5,6)7)34-17-23-27(33-29(34)37)32-21-13-10-11-14-22(21)39-23;1-12-16(25)17(29-30(5,6)21(2,3)4)19(27-12)24-11-15-18(23-20(24)26)22-13-9-7-8-10-14(13)28-15;19-6-10-11(20)12(21)14(24-10)18-5-9-13(17-15(18)22)16-7-3-1-2-4-8(7)23-9;1-7-11(19)12(20)14(22-7)18-6-10-13(17-15(18)21)16-8-4-2-3-5-9(8)23-10;2*1-2;/h10-11,13-14,17,19-20,24-26,28,36H,12,16,18H2,1-9H3,(H,32,33,37);7-12,16-17,19,25H,1-6H3,(H,22,23,26);1-5,10-12,14,19-21H,6H2,(H,16,17,22);2-7,11-12,14,19-20H,1H3,(H,16,17,21);2*2H,1H3;1H4/t24-,25+,26?,28-,43?;12-,16+,17?,19-;10-,11+,12?,14-;7-,11+,12?,14-;;;/m1111.../s1/i;1D;;1D;2*2T;. The number of nitrogens with one attached hydrogen (secondary N) is 4. The smallest absolute Gasteiger partial charge is 0.351 e. The lowest BCUT2D eigenvalue weighted by Gasteiger charge is -2.42. The van der Waals surface area contributed by atoms with Gasteiger partial charge in [0.15, 0.2) is 111 Å². The van der Waals surface area contributed by atoms with Crippen LogP contribution in [0, 0.1) is 11.3 Å². The number of ether oxygens (including phenoxy) is 8. The molecule has 13 N–H and O–H groups in total. The van der Waals surface area contributed by atoms with Gasteiger partial charge in [0.2, 0.25) is 2.86 Å². The number of rotatable bonds is 18. The van der Waals surface area contributed by atoms with Crippen molar-refractivity contribution in [1.29, 1.82) is 8.12 Å². The summed E-state index contributed by atoms with van der Waals surface area (Å²) in [7, 11) is -3.90. The predicted octanol–water partition coefficient (Wildman–Crippen LogP) is 10.1. The summed E-state index contributed by atoms with van der Waals surface area (Å²) >= 11 is 0. The summed E-state index contributed by atoms with van der Waals surface area (Å²) in [6, 6.07) is 31.4. The Kier molecular flexibility index (Phi) is 30.3. The van der Waals surface area contributed by atoms with Crippen molar-refractivity contribution >= 4 is 71.2 Å². The van der Waals surface area contributed by atoms with Crippen molar-refractivity contribution < 1.29 is 104 Å². The van der Waals surface area contributed by atoms with Crippen LogP contribution in [0.4, 0.5) is 46.0 Å². The minimum Gasteiger partial charge on any atom is -0.450 e. The molecule has 8 aliphatic rings. The fourth-order valence-corrected chi connectivity index (χ4v) is 18.1. The zero-order valence-corrected chi connectivity index (χ0v) is 75.0. The van der Waals surface area contributed by atoms with Crippen molar-refractivity contribution in [3.05, 3.63) is 164 Å². The van der Waals surface area contributed by atoms with Crippen molar-refractivity contribution in [2.45, 2.75) is 243 Å². The molecule has 0 aliphatic carbocycles. The van der Waals surface area contributed by atoms with Crippen molar-refractivity contribution in [3.63, 3.8) is 0 Å². The normalized spacial score (nSPS) is 25.0. The van der Waals surface area contributed by atoms with E-state index in [2.05, 4.69) is 158 Å². The van der Waals surface area contributed by atoms with Crippen LogP contribution in [-0.2, 0) is 36.8 Å². The molecule has 4 aromatic heterocycles. The Hall–Kier alpha value is -9.57. The van der Waals surface area contributed by atoms with Gasteiger partial charge in [-0.15, -0.1) is 0 Å². The van der Waals surface area contributed by atoms with E-state index in [1.807, 2.05) is 66.7 Å². The van der Waals surface area contributed by atoms with Crippen LogP contribution in [0.2, 0.25) is 36.3 Å². The maximum Gasteiger partial charge on any atom is 0.351 e. The Morgan fingerprint density at radius 2 is 0.817 bits per heavy atom. The molecule has 0 spiro atoms. The Morgan fingerprint density at radius 3 is 1.15 bits per heavy atom. The third-order valence-corrected chi connectivity index (χ3v) is 33.3. The molecule has 39 nitrogen and oxygen atoms in total. The summed E-state index contributed by atoms with van der Waals surface area (Å²) in [4.78, 5) is 67.2. The zero-order chi connectivity index (χ0) is 94.1. The van der Waals surface area contributed by atoms with Gasteiger partial charge >= 0.3 is 22.8 Å². The van der Waals surface area contributed by atoms with Gasteiger partial charge < -0.3 is 123 Å². The van der Waals surface area contributed by atoms with Crippen molar-refractivity contribution in [2.24, 2.45) is 0 Å². The van der Waals surface area contributed by atoms with E-state index in [9.17, 15) is 55.1 Å². The van der Waals surface area contributed by atoms with E-state index in [1.165, 1.54) is 41.9 Å². The van der Waals surface area contributed by atoms with Gasteiger partial charge in [0.1, 0.15) is 61.0 Å². The van der Waals surface area contributed by atoms with Crippen molar-refractivity contribution in [1.82, 2.24) is 42.9 Å². The molecule has 8 aromatic rings. The van der Waals surface area contributed by atoms with E-state index in [0.29, 0.717) is 68.9 Å². The van der Waals surface area contributed by atoms with Crippen LogP contribution in [0.3, 0.4) is 0 Å². The number of nitriles is 1. The van der Waals surface area contributed by atoms with E-state index in [0.717, 1.165) is 14.8 Å². The molecule has 16 rings (SSSR count). The number of para-hydroxylation sites is 8. The second-order valence-corrected chi connectivity index (χ2v) is 44.3. The molecular formula is C84H117N14O25PSi2. The predicted molar refractivity (Wildman–Crippen MR) is 472 cm³/mol. The number of benzene rings is 4. The lowest BCUT2D eigenvalue weighted by atomic mass is 10.1. The first kappa shape index (κ1) is 92.6. The molecule has 0 radical (unpaired) electrons. The average molecular weight is 1820 g/mol. The first-order valence-electron chi connectivity index (χ1n) is 42.5. The van der Waals surface area contributed by atoms with Crippen LogP contribution in [0.1, 0.15) is 125 Å². The molecule has 8 aliphatic heterocycles. The Labute approximate surface area is 738 Å². The third kappa shape index (κ3) is 21.2. The van der Waals surface area contributed by atoms with Crippen LogP contribution in [0.25, 0.3) is 0 Å². The number of nitrogens with zero attached hydrogens (tertiary/aromatic N) is 10. The second-order valence-electron chi connectivity index (χ2n) is 33.3. The number of aliphatic hydroxyl groups excluding tert-OH is 9. The van der Waals surface area contributed by atoms with E-state index in [4.69, 9.17) is 66.5 Å².